The summed E-state index contributed by atoms with van der Waals surface area (Å²) >= 11 is 3.88. The third-order valence-electron chi connectivity index (χ3n) is 4.94. The Bertz CT molecular complexity index is 809. The maximum atomic E-state index is 4.65. The van der Waals surface area contributed by atoms with Crippen molar-refractivity contribution >= 4 is 28.7 Å². The van der Waals surface area contributed by atoms with Gasteiger partial charge < -0.3 is 5.32 Å². The number of benzene rings is 2. The molecule has 2 nitrogen and oxygen atoms in total. The van der Waals surface area contributed by atoms with Gasteiger partial charge in [-0.1, -0.05) is 59.3 Å². The van der Waals surface area contributed by atoms with Gasteiger partial charge in [-0.15, -0.1) is 11.8 Å². The van der Waals surface area contributed by atoms with Gasteiger partial charge in [-0.2, -0.15) is 0 Å². The molecular weight excluding hydrogens is 356 g/mol. The summed E-state index contributed by atoms with van der Waals surface area (Å²) in [5.74, 6) is 2.33. The largest absolute Gasteiger partial charge is 0.358 e. The number of aliphatic imine (C=N–C) groups is 1. The third kappa shape index (κ3) is 4.12. The van der Waals surface area contributed by atoms with E-state index in [0.29, 0.717) is 0 Å². The average Bonchev–Trinajstić information content (AvgIpc) is 3.13. The van der Waals surface area contributed by atoms with Crippen LogP contribution in [-0.2, 0) is 12.8 Å². The smallest absolute Gasteiger partial charge is 0.157 e. The summed E-state index contributed by atoms with van der Waals surface area (Å²) in [5.41, 5.74) is 7.06. The summed E-state index contributed by atoms with van der Waals surface area (Å²) in [6.45, 7) is 5.32. The number of amidine groups is 1. The van der Waals surface area contributed by atoms with Crippen molar-refractivity contribution < 1.29 is 0 Å². The highest BCUT2D eigenvalue weighted by Gasteiger charge is 2.22. The molecule has 0 bridgehead atoms. The van der Waals surface area contributed by atoms with E-state index in [-0.39, 0.29) is 6.04 Å². The van der Waals surface area contributed by atoms with Crippen molar-refractivity contribution in [3.05, 3.63) is 64.2 Å². The Balaban J connectivity index is 1.69. The molecule has 136 valence electrons. The van der Waals surface area contributed by atoms with Crippen molar-refractivity contribution in [2.45, 2.75) is 44.0 Å². The van der Waals surface area contributed by atoms with E-state index in [4.69, 9.17) is 0 Å². The second kappa shape index (κ2) is 8.10. The summed E-state index contributed by atoms with van der Waals surface area (Å²) in [5, 5.41) is 4.88. The van der Waals surface area contributed by atoms with Crippen LogP contribution in [0.1, 0.15) is 40.3 Å². The van der Waals surface area contributed by atoms with Crippen LogP contribution in [0.15, 0.2) is 46.3 Å². The quantitative estimate of drug-likeness (QED) is 0.775. The second-order valence-corrected chi connectivity index (χ2v) is 9.41. The minimum absolute atomic E-state index is 0.279. The van der Waals surface area contributed by atoms with E-state index >= 15 is 0 Å². The number of nitrogens with one attached hydrogen (secondary N) is 1. The fraction of sp³-hybridized carbons (Fsp3) is 0.409. The topological polar surface area (TPSA) is 24.4 Å². The zero-order valence-corrected chi connectivity index (χ0v) is 17.2. The van der Waals surface area contributed by atoms with Crippen molar-refractivity contribution in [3.63, 3.8) is 0 Å². The van der Waals surface area contributed by atoms with Gasteiger partial charge in [0.1, 0.15) is 0 Å². The lowest BCUT2D eigenvalue weighted by Crippen LogP contribution is -2.28. The van der Waals surface area contributed by atoms with E-state index in [0.717, 1.165) is 23.9 Å². The van der Waals surface area contributed by atoms with Crippen molar-refractivity contribution in [1.82, 2.24) is 5.32 Å². The molecule has 1 atom stereocenters. The first-order chi connectivity index (χ1) is 12.7. The van der Waals surface area contributed by atoms with Crippen molar-refractivity contribution in [2.24, 2.45) is 4.99 Å². The summed E-state index contributed by atoms with van der Waals surface area (Å²) in [6, 6.07) is 14.0. The van der Waals surface area contributed by atoms with E-state index in [9.17, 15) is 0 Å². The summed E-state index contributed by atoms with van der Waals surface area (Å²) in [4.78, 5) is 6.16. The number of aryl methyl sites for hydroxylation is 3. The molecule has 1 unspecified atom stereocenters. The lowest BCUT2D eigenvalue weighted by molar-refractivity contribution is 0.632. The van der Waals surface area contributed by atoms with E-state index in [1.54, 1.807) is 0 Å². The van der Waals surface area contributed by atoms with Crippen LogP contribution >= 0.6 is 23.5 Å². The number of hydrogen-bond acceptors (Lipinski definition) is 4. The highest BCUT2D eigenvalue weighted by atomic mass is 32.2. The average molecular weight is 383 g/mol. The van der Waals surface area contributed by atoms with Crippen LogP contribution in [0.5, 0.6) is 0 Å². The number of hydrogen-bond donors (Lipinski definition) is 1. The fourth-order valence-electron chi connectivity index (χ4n) is 3.92. The summed E-state index contributed by atoms with van der Waals surface area (Å²) in [7, 11) is 0. The van der Waals surface area contributed by atoms with Gasteiger partial charge in [0.15, 0.2) is 5.17 Å². The van der Waals surface area contributed by atoms with Gasteiger partial charge in [-0.25, -0.2) is 0 Å². The molecule has 2 aliphatic rings. The molecule has 0 aliphatic carbocycles. The number of rotatable bonds is 4. The van der Waals surface area contributed by atoms with Gasteiger partial charge in [0.05, 0.1) is 12.6 Å². The third-order valence-corrected chi connectivity index (χ3v) is 7.13. The molecule has 0 radical (unpaired) electrons. The van der Waals surface area contributed by atoms with Crippen LogP contribution in [-0.4, -0.2) is 23.2 Å². The SMILES string of the molecule is Cc1cc(C)cc(CC(NC2=NCCS2)c2cccc3c2SCCC3)c1. The van der Waals surface area contributed by atoms with Crippen molar-refractivity contribution in [1.29, 1.82) is 0 Å². The molecule has 26 heavy (non-hydrogen) atoms. The summed E-state index contributed by atoms with van der Waals surface area (Å²) in [6.07, 6.45) is 3.50. The van der Waals surface area contributed by atoms with Crippen LogP contribution in [0.25, 0.3) is 0 Å². The van der Waals surface area contributed by atoms with Gasteiger partial charge in [-0.3, -0.25) is 4.99 Å². The van der Waals surface area contributed by atoms with Crippen molar-refractivity contribution in [2.75, 3.05) is 18.1 Å². The van der Waals surface area contributed by atoms with Gasteiger partial charge >= 0.3 is 0 Å². The van der Waals surface area contributed by atoms with E-state index in [1.165, 1.54) is 51.3 Å². The van der Waals surface area contributed by atoms with E-state index in [2.05, 4.69) is 60.6 Å². The van der Waals surface area contributed by atoms with E-state index in [1.807, 2.05) is 23.5 Å². The Kier molecular flexibility index (Phi) is 5.60. The zero-order valence-electron chi connectivity index (χ0n) is 15.5. The molecule has 2 aliphatic heterocycles. The predicted octanol–water partition coefficient (Wildman–Crippen LogP) is 5.32. The highest BCUT2D eigenvalue weighted by Crippen LogP contribution is 2.37. The van der Waals surface area contributed by atoms with E-state index < -0.39 is 0 Å². The molecule has 4 rings (SSSR count). The minimum atomic E-state index is 0.279. The maximum absolute atomic E-state index is 4.65. The Morgan fingerprint density at radius 1 is 1.08 bits per heavy atom. The number of nitrogens with zero attached hydrogens (tertiary/aromatic N) is 1. The zero-order chi connectivity index (χ0) is 17.9. The van der Waals surface area contributed by atoms with Gasteiger partial charge in [-0.05, 0) is 55.6 Å². The molecular formula is C22H26N2S2. The van der Waals surface area contributed by atoms with Crippen molar-refractivity contribution in [3.8, 4) is 0 Å². The lowest BCUT2D eigenvalue weighted by atomic mass is 9.94. The normalized spacial score (nSPS) is 17.5. The van der Waals surface area contributed by atoms with Crippen LogP contribution < -0.4 is 5.32 Å². The molecule has 0 saturated heterocycles. The Labute approximate surface area is 165 Å². The van der Waals surface area contributed by atoms with Crippen LogP contribution in [0.3, 0.4) is 0 Å². The Morgan fingerprint density at radius 2 is 1.92 bits per heavy atom. The maximum Gasteiger partial charge on any atom is 0.157 e. The number of thioether (sulfide) groups is 2. The van der Waals surface area contributed by atoms with Gasteiger partial charge in [0, 0.05) is 10.6 Å². The van der Waals surface area contributed by atoms with Crippen LogP contribution in [0.2, 0.25) is 0 Å². The molecule has 2 heterocycles. The van der Waals surface area contributed by atoms with Gasteiger partial charge in [0.2, 0.25) is 0 Å². The predicted molar refractivity (Wildman–Crippen MR) is 116 cm³/mol. The second-order valence-electron chi connectivity index (χ2n) is 7.22. The standard InChI is InChI=1S/C22H26N2S2/c1-15-11-16(2)13-17(12-15)14-20(24-22-23-8-10-26-22)19-7-3-5-18-6-4-9-25-21(18)19/h3,5,7,11-13,20H,4,6,8-10,14H2,1-2H3,(H,23,24). The molecule has 2 aromatic carbocycles. The molecule has 0 spiro atoms. The van der Waals surface area contributed by atoms with Gasteiger partial charge in [0.25, 0.3) is 0 Å². The summed E-state index contributed by atoms with van der Waals surface area (Å²) < 4.78 is 0. The number of fused-ring (bicyclic) bond motifs is 1. The first-order valence-electron chi connectivity index (χ1n) is 9.44. The molecule has 0 amide bonds. The Morgan fingerprint density at radius 3 is 2.69 bits per heavy atom. The highest BCUT2D eigenvalue weighted by molar-refractivity contribution is 8.14. The van der Waals surface area contributed by atoms with Crippen LogP contribution in [0, 0.1) is 13.8 Å². The molecule has 1 N–H and O–H groups in total. The first-order valence-corrected chi connectivity index (χ1v) is 11.4. The fourth-order valence-corrected chi connectivity index (χ4v) is 5.93. The molecule has 4 heteroatoms. The molecule has 0 fully saturated rings. The Hall–Kier alpha value is -1.39. The molecule has 0 saturated carbocycles. The minimum Gasteiger partial charge on any atom is -0.358 e. The first kappa shape index (κ1) is 18.0. The molecule has 0 aromatic heterocycles. The monoisotopic (exact) mass is 382 g/mol. The molecule has 2 aromatic rings. The van der Waals surface area contributed by atoms with Crippen LogP contribution in [0.4, 0.5) is 0 Å². The lowest BCUT2D eigenvalue weighted by Gasteiger charge is -2.26.